The Morgan fingerprint density at radius 1 is 1.21 bits per heavy atom. The third kappa shape index (κ3) is 5.49. The zero-order valence-electron chi connectivity index (χ0n) is 17.9. The van der Waals surface area contributed by atoms with Crippen LogP contribution in [0.3, 0.4) is 0 Å². The van der Waals surface area contributed by atoms with Gasteiger partial charge >= 0.3 is 0 Å². The second-order valence-electron chi connectivity index (χ2n) is 7.00. The smallest absolute Gasteiger partial charge is 0.266 e. The van der Waals surface area contributed by atoms with E-state index in [9.17, 15) is 9.59 Å². The average Bonchev–Trinajstić information content (AvgIpc) is 2.84. The number of amides is 1. The number of halogens is 2. The zero-order chi connectivity index (χ0) is 24.1. The van der Waals surface area contributed by atoms with E-state index < -0.39 is 0 Å². The number of thioether (sulfide) groups is 1. The molecule has 1 amide bonds. The third-order valence-corrected chi connectivity index (χ3v) is 6.43. The SMILES string of the molecule is COc1ccc(Br)cc1C=NNC(=O)CSc1nc2ccccc2c(=O)n1-c1ccc(Cl)cc1. The van der Waals surface area contributed by atoms with Crippen LogP contribution in [0.1, 0.15) is 5.56 Å². The number of nitrogens with zero attached hydrogens (tertiary/aromatic N) is 3. The number of methoxy groups -OCH3 is 1. The molecular weight excluding hydrogens is 540 g/mol. The molecule has 0 atom stereocenters. The summed E-state index contributed by atoms with van der Waals surface area (Å²) >= 11 is 10.6. The van der Waals surface area contributed by atoms with Crippen molar-refractivity contribution in [3.8, 4) is 11.4 Å². The van der Waals surface area contributed by atoms with E-state index in [0.717, 1.165) is 16.2 Å². The van der Waals surface area contributed by atoms with E-state index in [2.05, 4.69) is 31.4 Å². The summed E-state index contributed by atoms with van der Waals surface area (Å²) in [6.45, 7) is 0. The second kappa shape index (κ2) is 10.9. The molecule has 0 saturated carbocycles. The van der Waals surface area contributed by atoms with E-state index in [0.29, 0.717) is 38.1 Å². The van der Waals surface area contributed by atoms with Crippen LogP contribution in [0, 0.1) is 0 Å². The van der Waals surface area contributed by atoms with E-state index in [1.165, 1.54) is 10.8 Å². The Bertz CT molecular complexity index is 1440. The molecule has 7 nitrogen and oxygen atoms in total. The van der Waals surface area contributed by atoms with Crippen LogP contribution in [0.2, 0.25) is 5.02 Å². The molecule has 172 valence electrons. The molecule has 1 N–H and O–H groups in total. The first kappa shape index (κ1) is 24.0. The van der Waals surface area contributed by atoms with Gasteiger partial charge < -0.3 is 4.74 Å². The van der Waals surface area contributed by atoms with Crippen LogP contribution in [-0.4, -0.2) is 34.5 Å². The topological polar surface area (TPSA) is 85.6 Å². The minimum atomic E-state index is -0.347. The van der Waals surface area contributed by atoms with Crippen LogP contribution in [-0.2, 0) is 4.79 Å². The molecule has 10 heteroatoms. The van der Waals surface area contributed by atoms with Crippen molar-refractivity contribution in [2.75, 3.05) is 12.9 Å². The first-order valence-corrected chi connectivity index (χ1v) is 12.2. The normalized spacial score (nSPS) is 11.1. The molecule has 0 unspecified atom stereocenters. The number of carbonyl (C=O) groups is 1. The first-order chi connectivity index (χ1) is 16.5. The maximum Gasteiger partial charge on any atom is 0.266 e. The highest BCUT2D eigenvalue weighted by atomic mass is 79.9. The molecule has 0 bridgehead atoms. The fourth-order valence-corrected chi connectivity index (χ4v) is 4.48. The third-order valence-electron chi connectivity index (χ3n) is 4.75. The molecule has 4 aromatic rings. The molecule has 0 fully saturated rings. The van der Waals surface area contributed by atoms with Crippen molar-refractivity contribution < 1.29 is 9.53 Å². The van der Waals surface area contributed by atoms with Crippen LogP contribution in [0.4, 0.5) is 0 Å². The summed E-state index contributed by atoms with van der Waals surface area (Å²) in [4.78, 5) is 30.3. The van der Waals surface area contributed by atoms with Gasteiger partial charge in [-0.15, -0.1) is 0 Å². The number of para-hydroxylation sites is 1. The lowest BCUT2D eigenvalue weighted by Gasteiger charge is -2.13. The summed E-state index contributed by atoms with van der Waals surface area (Å²) in [6, 6.07) is 19.4. The monoisotopic (exact) mass is 556 g/mol. The van der Waals surface area contributed by atoms with Gasteiger partial charge in [-0.05, 0) is 54.6 Å². The Kier molecular flexibility index (Phi) is 7.66. The number of fused-ring (bicyclic) bond motifs is 1. The number of nitrogens with one attached hydrogen (secondary N) is 1. The standard InChI is InChI=1S/C24H18BrClN4O3S/c1-33-21-11-6-16(25)12-15(21)13-27-29-22(31)14-34-24-28-20-5-3-2-4-19(20)23(32)30(24)18-9-7-17(26)8-10-18/h2-13H,14H2,1H3,(H,29,31). The van der Waals surface area contributed by atoms with Crippen molar-refractivity contribution >= 4 is 62.3 Å². The number of ether oxygens (including phenoxy) is 1. The number of carbonyl (C=O) groups excluding carboxylic acids is 1. The maximum atomic E-state index is 13.2. The highest BCUT2D eigenvalue weighted by Crippen LogP contribution is 2.23. The highest BCUT2D eigenvalue weighted by Gasteiger charge is 2.15. The summed E-state index contributed by atoms with van der Waals surface area (Å²) in [5.74, 6) is 0.286. The molecular formula is C24H18BrClN4O3S. The van der Waals surface area contributed by atoms with Gasteiger partial charge in [0.15, 0.2) is 5.16 Å². The van der Waals surface area contributed by atoms with Gasteiger partial charge in [-0.2, -0.15) is 5.10 Å². The Morgan fingerprint density at radius 3 is 2.74 bits per heavy atom. The van der Waals surface area contributed by atoms with Gasteiger partial charge in [0, 0.05) is 15.1 Å². The largest absolute Gasteiger partial charge is 0.496 e. The Labute approximate surface area is 212 Å². The fourth-order valence-electron chi connectivity index (χ4n) is 3.17. The lowest BCUT2D eigenvalue weighted by Crippen LogP contribution is -2.24. The fraction of sp³-hybridized carbons (Fsp3) is 0.0833. The minimum Gasteiger partial charge on any atom is -0.496 e. The number of hydrogen-bond acceptors (Lipinski definition) is 6. The zero-order valence-corrected chi connectivity index (χ0v) is 21.0. The molecule has 0 aliphatic heterocycles. The molecule has 1 heterocycles. The second-order valence-corrected chi connectivity index (χ2v) is 9.29. The van der Waals surface area contributed by atoms with E-state index >= 15 is 0 Å². The highest BCUT2D eigenvalue weighted by molar-refractivity contribution is 9.10. The Morgan fingerprint density at radius 2 is 1.97 bits per heavy atom. The summed E-state index contributed by atoms with van der Waals surface area (Å²) in [5.41, 5.74) is 4.14. The lowest BCUT2D eigenvalue weighted by atomic mass is 10.2. The van der Waals surface area contributed by atoms with Crippen LogP contribution in [0.15, 0.2) is 86.3 Å². The van der Waals surface area contributed by atoms with E-state index in [1.807, 2.05) is 18.2 Å². The first-order valence-electron chi connectivity index (χ1n) is 10.0. The summed E-state index contributed by atoms with van der Waals surface area (Å²) < 4.78 is 7.63. The van der Waals surface area contributed by atoms with Crippen LogP contribution in [0.5, 0.6) is 5.75 Å². The number of aromatic nitrogens is 2. The van der Waals surface area contributed by atoms with Gasteiger partial charge in [0.1, 0.15) is 5.75 Å². The minimum absolute atomic E-state index is 0.00529. The van der Waals surface area contributed by atoms with E-state index in [4.69, 9.17) is 16.3 Å². The quantitative estimate of drug-likeness (QED) is 0.149. The lowest BCUT2D eigenvalue weighted by molar-refractivity contribution is -0.118. The molecule has 1 aromatic heterocycles. The van der Waals surface area contributed by atoms with E-state index in [1.54, 1.807) is 55.6 Å². The number of hydrogen-bond donors (Lipinski definition) is 1. The van der Waals surface area contributed by atoms with Crippen molar-refractivity contribution in [2.24, 2.45) is 5.10 Å². The molecule has 3 aromatic carbocycles. The predicted octanol–water partition coefficient (Wildman–Crippen LogP) is 5.05. The van der Waals surface area contributed by atoms with Crippen molar-refractivity contribution in [3.63, 3.8) is 0 Å². The van der Waals surface area contributed by atoms with Crippen molar-refractivity contribution in [3.05, 3.63) is 92.1 Å². The van der Waals surface area contributed by atoms with E-state index in [-0.39, 0.29) is 17.2 Å². The van der Waals surface area contributed by atoms with Gasteiger partial charge in [0.2, 0.25) is 0 Å². The average molecular weight is 558 g/mol. The van der Waals surface area contributed by atoms with Crippen molar-refractivity contribution in [2.45, 2.75) is 5.16 Å². The van der Waals surface area contributed by atoms with Gasteiger partial charge in [-0.25, -0.2) is 10.4 Å². The van der Waals surface area contributed by atoms with Crippen LogP contribution < -0.4 is 15.7 Å². The number of benzene rings is 3. The summed E-state index contributed by atoms with van der Waals surface area (Å²) in [5, 5.41) is 5.45. The Hall–Kier alpha value is -3.14. The van der Waals surface area contributed by atoms with Gasteiger partial charge in [0.25, 0.3) is 11.5 Å². The summed E-state index contributed by atoms with van der Waals surface area (Å²) in [6.07, 6.45) is 1.50. The molecule has 34 heavy (non-hydrogen) atoms. The number of rotatable bonds is 7. The molecule has 4 rings (SSSR count). The van der Waals surface area contributed by atoms with Gasteiger partial charge in [-0.3, -0.25) is 14.2 Å². The Balaban J connectivity index is 1.55. The van der Waals surface area contributed by atoms with Crippen molar-refractivity contribution in [1.29, 1.82) is 0 Å². The van der Waals surface area contributed by atoms with Crippen LogP contribution in [0.25, 0.3) is 16.6 Å². The van der Waals surface area contributed by atoms with Crippen molar-refractivity contribution in [1.82, 2.24) is 15.0 Å². The molecule has 0 aliphatic rings. The molecule has 0 radical (unpaired) electrons. The maximum absolute atomic E-state index is 13.2. The molecule has 0 saturated heterocycles. The van der Waals surface area contributed by atoms with Gasteiger partial charge in [0.05, 0.1) is 35.7 Å². The van der Waals surface area contributed by atoms with Crippen LogP contribution >= 0.6 is 39.3 Å². The predicted molar refractivity (Wildman–Crippen MR) is 140 cm³/mol. The molecule has 0 aliphatic carbocycles. The van der Waals surface area contributed by atoms with Gasteiger partial charge in [-0.1, -0.05) is 51.4 Å². The summed E-state index contributed by atoms with van der Waals surface area (Å²) in [7, 11) is 1.56. The number of hydrazone groups is 1. The molecule has 0 spiro atoms.